The Labute approximate surface area is 169 Å². The molecule has 0 unspecified atom stereocenters. The number of benzene rings is 1. The largest absolute Gasteiger partial charge is 0.481 e. The molecule has 1 saturated heterocycles. The maximum atomic E-state index is 12.9. The van der Waals surface area contributed by atoms with E-state index >= 15 is 0 Å². The maximum Gasteiger partial charge on any atom is 0.408 e. The Balaban J connectivity index is 1.63. The summed E-state index contributed by atoms with van der Waals surface area (Å²) in [7, 11) is 0. The van der Waals surface area contributed by atoms with E-state index in [4.69, 9.17) is 4.74 Å². The molecule has 1 heterocycles. The van der Waals surface area contributed by atoms with Gasteiger partial charge < -0.3 is 20.1 Å². The predicted octanol–water partition coefficient (Wildman–Crippen LogP) is 2.12. The molecule has 1 aromatic carbocycles. The Morgan fingerprint density at radius 3 is 2.62 bits per heavy atom. The van der Waals surface area contributed by atoms with Crippen LogP contribution in [0.4, 0.5) is 4.79 Å². The van der Waals surface area contributed by atoms with Gasteiger partial charge in [0, 0.05) is 25.4 Å². The minimum Gasteiger partial charge on any atom is -0.481 e. The van der Waals surface area contributed by atoms with Crippen LogP contribution in [0.1, 0.15) is 44.6 Å². The molecule has 2 amide bonds. The molecule has 2 fully saturated rings. The number of hydrogen-bond acceptors (Lipinski definition) is 5. The molecule has 8 heteroatoms. The number of likely N-dealkylation sites (tertiary alicyclic amines) is 1. The summed E-state index contributed by atoms with van der Waals surface area (Å²) in [5.74, 6) is -1.46. The van der Waals surface area contributed by atoms with Crippen LogP contribution in [0.15, 0.2) is 30.3 Å². The summed E-state index contributed by atoms with van der Waals surface area (Å²) in [5.41, 5.74) is -0.434. The third kappa shape index (κ3) is 4.26. The number of aliphatic carboxylic acids is 1. The molecule has 0 bridgehead atoms. The first-order valence-electron chi connectivity index (χ1n) is 9.90. The number of carbonyl (C=O) groups is 4. The van der Waals surface area contributed by atoms with Gasteiger partial charge >= 0.3 is 12.1 Å². The van der Waals surface area contributed by atoms with Crippen LogP contribution in [0.2, 0.25) is 0 Å². The van der Waals surface area contributed by atoms with Gasteiger partial charge in [-0.1, -0.05) is 37.3 Å². The molecule has 3 atom stereocenters. The van der Waals surface area contributed by atoms with Gasteiger partial charge in [0.1, 0.15) is 18.4 Å². The normalized spacial score (nSPS) is 27.0. The first-order chi connectivity index (χ1) is 13.9. The van der Waals surface area contributed by atoms with E-state index in [0.29, 0.717) is 19.4 Å². The lowest BCUT2D eigenvalue weighted by Gasteiger charge is -2.44. The van der Waals surface area contributed by atoms with Crippen molar-refractivity contribution in [2.24, 2.45) is 5.41 Å². The molecule has 1 aliphatic carbocycles. The van der Waals surface area contributed by atoms with E-state index in [9.17, 15) is 24.3 Å². The van der Waals surface area contributed by atoms with Gasteiger partial charge in [-0.05, 0) is 24.8 Å². The summed E-state index contributed by atoms with van der Waals surface area (Å²) in [6, 6.07) is 7.90. The van der Waals surface area contributed by atoms with Crippen molar-refractivity contribution in [1.82, 2.24) is 10.2 Å². The summed E-state index contributed by atoms with van der Waals surface area (Å²) in [6.07, 6.45) is 0.483. The van der Waals surface area contributed by atoms with Crippen LogP contribution in [0.5, 0.6) is 0 Å². The Morgan fingerprint density at radius 2 is 1.97 bits per heavy atom. The van der Waals surface area contributed by atoms with E-state index < -0.39 is 29.6 Å². The second-order valence-corrected chi connectivity index (χ2v) is 7.66. The number of hydrogen-bond donors (Lipinski definition) is 2. The van der Waals surface area contributed by atoms with Gasteiger partial charge in [-0.25, -0.2) is 4.79 Å². The average molecular weight is 402 g/mol. The molecule has 0 aromatic heterocycles. The standard InChI is InChI=1S/C21H26N2O6/c1-2-21(19(26)27)12-15(24)8-9-17(21)23-11-10-16(18(23)25)22-20(28)29-13-14-6-4-3-5-7-14/h3-7,16-17H,2,8-13H2,1H3,(H,22,28)(H,26,27)/t16-,17-,21+/m0/s1. The van der Waals surface area contributed by atoms with E-state index in [0.717, 1.165) is 5.56 Å². The minimum atomic E-state index is -1.27. The van der Waals surface area contributed by atoms with Crippen molar-refractivity contribution >= 4 is 23.8 Å². The number of carbonyl (C=O) groups excluding carboxylic acids is 3. The van der Waals surface area contributed by atoms with Crippen LogP contribution in [-0.4, -0.2) is 52.4 Å². The topological polar surface area (TPSA) is 113 Å². The fourth-order valence-corrected chi connectivity index (χ4v) is 4.37. The second kappa shape index (κ2) is 8.63. The first-order valence-corrected chi connectivity index (χ1v) is 9.90. The van der Waals surface area contributed by atoms with E-state index in [1.165, 1.54) is 4.90 Å². The summed E-state index contributed by atoms with van der Waals surface area (Å²) in [4.78, 5) is 50.5. The Hall–Kier alpha value is -2.90. The predicted molar refractivity (Wildman–Crippen MR) is 103 cm³/mol. The number of carboxylic acid groups (broad SMARTS) is 1. The molecular weight excluding hydrogens is 376 g/mol. The molecule has 29 heavy (non-hydrogen) atoms. The molecule has 1 aliphatic heterocycles. The first kappa shape index (κ1) is 20.8. The molecule has 8 nitrogen and oxygen atoms in total. The third-order valence-electron chi connectivity index (χ3n) is 6.02. The highest BCUT2D eigenvalue weighted by molar-refractivity contribution is 5.91. The van der Waals surface area contributed by atoms with Crippen molar-refractivity contribution in [1.29, 1.82) is 0 Å². The van der Waals surface area contributed by atoms with E-state index in [2.05, 4.69) is 5.32 Å². The third-order valence-corrected chi connectivity index (χ3v) is 6.02. The number of rotatable bonds is 6. The summed E-state index contributed by atoms with van der Waals surface area (Å²) in [5, 5.41) is 12.4. The molecule has 0 spiro atoms. The highest BCUT2D eigenvalue weighted by Gasteiger charge is 2.53. The van der Waals surface area contributed by atoms with Gasteiger partial charge in [0.25, 0.3) is 0 Å². The monoisotopic (exact) mass is 402 g/mol. The van der Waals surface area contributed by atoms with Crippen LogP contribution in [-0.2, 0) is 25.7 Å². The van der Waals surface area contributed by atoms with Gasteiger partial charge in [-0.2, -0.15) is 0 Å². The van der Waals surface area contributed by atoms with Crippen molar-refractivity contribution in [2.75, 3.05) is 6.54 Å². The van der Waals surface area contributed by atoms with E-state index in [1.54, 1.807) is 6.92 Å². The molecule has 1 aromatic rings. The molecule has 1 saturated carbocycles. The molecule has 2 N–H and O–H groups in total. The van der Waals surface area contributed by atoms with E-state index in [-0.39, 0.29) is 37.6 Å². The van der Waals surface area contributed by atoms with Gasteiger partial charge in [0.2, 0.25) is 5.91 Å². The van der Waals surface area contributed by atoms with Crippen LogP contribution in [0.3, 0.4) is 0 Å². The number of amides is 2. The zero-order valence-electron chi connectivity index (χ0n) is 16.4. The highest BCUT2D eigenvalue weighted by Crippen LogP contribution is 2.42. The fraction of sp³-hybridized carbons (Fsp3) is 0.524. The van der Waals surface area contributed by atoms with E-state index in [1.807, 2.05) is 30.3 Å². The van der Waals surface area contributed by atoms with Gasteiger partial charge in [-0.15, -0.1) is 0 Å². The van der Waals surface area contributed by atoms with Crippen molar-refractivity contribution < 1.29 is 29.0 Å². The Kier molecular flexibility index (Phi) is 6.20. The van der Waals surface area contributed by atoms with Gasteiger partial charge in [0.05, 0.1) is 5.41 Å². The van der Waals surface area contributed by atoms with Crippen LogP contribution in [0, 0.1) is 5.41 Å². The quantitative estimate of drug-likeness (QED) is 0.754. The number of ketones is 1. The lowest BCUT2D eigenvalue weighted by molar-refractivity contribution is -0.162. The number of carboxylic acids is 1. The van der Waals surface area contributed by atoms with Gasteiger partial charge in [-0.3, -0.25) is 14.4 Å². The lowest BCUT2D eigenvalue weighted by Crippen LogP contribution is -2.57. The zero-order chi connectivity index (χ0) is 21.0. The number of ether oxygens (including phenoxy) is 1. The summed E-state index contributed by atoms with van der Waals surface area (Å²) in [6.45, 7) is 2.17. The lowest BCUT2D eigenvalue weighted by atomic mass is 9.67. The molecule has 3 rings (SSSR count). The number of nitrogens with zero attached hydrogens (tertiary/aromatic N) is 1. The van der Waals surface area contributed by atoms with Crippen LogP contribution < -0.4 is 5.32 Å². The molecule has 2 aliphatic rings. The number of Topliss-reactive ketones (excluding diaryl/α,β-unsaturated/α-hetero) is 1. The highest BCUT2D eigenvalue weighted by atomic mass is 16.5. The summed E-state index contributed by atoms with van der Waals surface area (Å²) < 4.78 is 5.17. The number of alkyl carbamates (subject to hydrolysis) is 1. The Bertz CT molecular complexity index is 796. The summed E-state index contributed by atoms with van der Waals surface area (Å²) >= 11 is 0. The maximum absolute atomic E-state index is 12.9. The van der Waals surface area contributed by atoms with Crippen molar-refractivity contribution in [3.05, 3.63) is 35.9 Å². The van der Waals surface area contributed by atoms with Crippen LogP contribution in [0.25, 0.3) is 0 Å². The zero-order valence-corrected chi connectivity index (χ0v) is 16.4. The van der Waals surface area contributed by atoms with Crippen molar-refractivity contribution in [3.8, 4) is 0 Å². The average Bonchev–Trinajstić information content (AvgIpc) is 3.06. The molecule has 0 radical (unpaired) electrons. The SMILES string of the molecule is CC[C@@]1(C(=O)O)CC(=O)CC[C@@H]1N1CC[C@H](NC(=O)OCc2ccccc2)C1=O. The second-order valence-electron chi connectivity index (χ2n) is 7.66. The smallest absolute Gasteiger partial charge is 0.408 e. The minimum absolute atomic E-state index is 0.0650. The van der Waals surface area contributed by atoms with Crippen molar-refractivity contribution in [3.63, 3.8) is 0 Å². The fourth-order valence-electron chi connectivity index (χ4n) is 4.37. The number of nitrogens with one attached hydrogen (secondary N) is 1. The molecule has 156 valence electrons. The Morgan fingerprint density at radius 1 is 1.24 bits per heavy atom. The van der Waals surface area contributed by atoms with Gasteiger partial charge in [0.15, 0.2) is 0 Å². The van der Waals surface area contributed by atoms with Crippen molar-refractivity contribution in [2.45, 2.75) is 57.7 Å². The molecular formula is C21H26N2O6. The van der Waals surface area contributed by atoms with Crippen LogP contribution >= 0.6 is 0 Å².